The van der Waals surface area contributed by atoms with Gasteiger partial charge < -0.3 is 10.6 Å². The zero-order valence-corrected chi connectivity index (χ0v) is 17.4. The van der Waals surface area contributed by atoms with Crippen molar-refractivity contribution >= 4 is 34.2 Å². The van der Waals surface area contributed by atoms with E-state index in [2.05, 4.69) is 15.7 Å². The summed E-state index contributed by atoms with van der Waals surface area (Å²) < 4.78 is 1.78. The summed E-state index contributed by atoms with van der Waals surface area (Å²) in [4.78, 5) is 29.7. The van der Waals surface area contributed by atoms with Gasteiger partial charge in [0.25, 0.3) is 5.91 Å². The Balaban J connectivity index is 1.72. The molecule has 0 aliphatic rings. The van der Waals surface area contributed by atoms with Gasteiger partial charge in [-0.2, -0.15) is 5.10 Å². The van der Waals surface area contributed by atoms with Gasteiger partial charge in [-0.25, -0.2) is 9.67 Å². The number of pyridine rings is 1. The van der Waals surface area contributed by atoms with E-state index in [0.717, 1.165) is 5.56 Å². The number of fused-ring (bicyclic) bond motifs is 1. The molecule has 7 nitrogen and oxygen atoms in total. The summed E-state index contributed by atoms with van der Waals surface area (Å²) in [6, 6.07) is 18.6. The highest BCUT2D eigenvalue weighted by Gasteiger charge is 2.17. The van der Waals surface area contributed by atoms with Crippen molar-refractivity contribution in [1.82, 2.24) is 14.8 Å². The topological polar surface area (TPSA) is 88.9 Å². The second kappa shape index (κ2) is 8.79. The average molecular weight is 413 g/mol. The van der Waals surface area contributed by atoms with Crippen LogP contribution in [0.25, 0.3) is 22.3 Å². The molecule has 0 atom stereocenters. The standard InChI is InChI=1S/C24H23N5O2/c1-3-22(30)26-17-11-8-12-18(13-17)27-24(31)19-14-21(16-9-6-5-7-10-16)28-23-20(19)15-25-29(23)4-2/h5-15H,3-4H2,1-2H3,(H,26,30)(H,27,31). The molecule has 0 bridgehead atoms. The third-order valence-corrected chi connectivity index (χ3v) is 4.95. The smallest absolute Gasteiger partial charge is 0.256 e. The van der Waals surface area contributed by atoms with Crippen molar-refractivity contribution in [2.24, 2.45) is 0 Å². The molecule has 7 heteroatoms. The fourth-order valence-corrected chi connectivity index (χ4v) is 3.35. The minimum atomic E-state index is -0.265. The number of nitrogens with one attached hydrogen (secondary N) is 2. The minimum absolute atomic E-state index is 0.0844. The molecule has 2 aromatic heterocycles. The van der Waals surface area contributed by atoms with Gasteiger partial charge >= 0.3 is 0 Å². The molecule has 31 heavy (non-hydrogen) atoms. The van der Waals surface area contributed by atoms with Crippen molar-refractivity contribution in [2.45, 2.75) is 26.8 Å². The number of amides is 2. The summed E-state index contributed by atoms with van der Waals surface area (Å²) in [5.41, 5.74) is 4.01. The van der Waals surface area contributed by atoms with E-state index in [0.29, 0.717) is 46.6 Å². The number of benzene rings is 2. The maximum Gasteiger partial charge on any atom is 0.256 e. The number of aryl methyl sites for hydroxylation is 1. The first kappa shape index (κ1) is 20.3. The Morgan fingerprint density at radius 2 is 1.68 bits per heavy atom. The van der Waals surface area contributed by atoms with E-state index < -0.39 is 0 Å². The first-order valence-corrected chi connectivity index (χ1v) is 10.2. The zero-order chi connectivity index (χ0) is 21.8. The predicted octanol–water partition coefficient (Wildman–Crippen LogP) is 4.72. The lowest BCUT2D eigenvalue weighted by Gasteiger charge is -2.11. The summed E-state index contributed by atoms with van der Waals surface area (Å²) in [6.07, 6.45) is 2.06. The predicted molar refractivity (Wildman–Crippen MR) is 122 cm³/mol. The van der Waals surface area contributed by atoms with Crippen LogP contribution in [0.2, 0.25) is 0 Å². The maximum atomic E-state index is 13.2. The van der Waals surface area contributed by atoms with Gasteiger partial charge in [0, 0.05) is 29.9 Å². The Morgan fingerprint density at radius 3 is 2.39 bits per heavy atom. The minimum Gasteiger partial charge on any atom is -0.326 e. The number of hydrogen-bond acceptors (Lipinski definition) is 4. The second-order valence-electron chi connectivity index (χ2n) is 7.06. The van der Waals surface area contributed by atoms with Crippen LogP contribution < -0.4 is 10.6 Å². The number of nitrogens with zero attached hydrogens (tertiary/aromatic N) is 3. The number of carbonyl (C=O) groups is 2. The van der Waals surface area contributed by atoms with Gasteiger partial charge in [-0.05, 0) is 31.2 Å². The first-order valence-electron chi connectivity index (χ1n) is 10.2. The van der Waals surface area contributed by atoms with Gasteiger partial charge in [0.1, 0.15) is 0 Å². The molecule has 156 valence electrons. The van der Waals surface area contributed by atoms with Crippen molar-refractivity contribution in [1.29, 1.82) is 0 Å². The van der Waals surface area contributed by atoms with Gasteiger partial charge in [-0.15, -0.1) is 0 Å². The largest absolute Gasteiger partial charge is 0.326 e. The van der Waals surface area contributed by atoms with E-state index in [1.165, 1.54) is 0 Å². The number of carbonyl (C=O) groups excluding carboxylic acids is 2. The molecule has 2 aromatic carbocycles. The summed E-state index contributed by atoms with van der Waals surface area (Å²) >= 11 is 0. The van der Waals surface area contributed by atoms with Gasteiger partial charge in [0.05, 0.1) is 22.8 Å². The molecule has 0 fully saturated rings. The molecular formula is C24H23N5O2. The number of rotatable bonds is 6. The van der Waals surface area contributed by atoms with Crippen molar-refractivity contribution in [3.8, 4) is 11.3 Å². The highest BCUT2D eigenvalue weighted by Crippen LogP contribution is 2.26. The van der Waals surface area contributed by atoms with Gasteiger partial charge in [-0.1, -0.05) is 43.3 Å². The monoisotopic (exact) mass is 413 g/mol. The first-order chi connectivity index (χ1) is 15.1. The zero-order valence-electron chi connectivity index (χ0n) is 17.4. The lowest BCUT2D eigenvalue weighted by Crippen LogP contribution is -2.14. The fraction of sp³-hybridized carbons (Fsp3) is 0.167. The SMILES string of the molecule is CCC(=O)Nc1cccc(NC(=O)c2cc(-c3ccccc3)nc3c2cnn3CC)c1. The van der Waals surface area contributed by atoms with Crippen molar-refractivity contribution < 1.29 is 9.59 Å². The molecule has 2 amide bonds. The Kier molecular flexibility index (Phi) is 5.75. The molecule has 2 heterocycles. The molecular weight excluding hydrogens is 390 g/mol. The van der Waals surface area contributed by atoms with Crippen LogP contribution in [0.1, 0.15) is 30.6 Å². The van der Waals surface area contributed by atoms with E-state index in [4.69, 9.17) is 4.98 Å². The lowest BCUT2D eigenvalue weighted by atomic mass is 10.1. The molecule has 4 rings (SSSR count). The van der Waals surface area contributed by atoms with Gasteiger partial charge in [0.2, 0.25) is 5.91 Å². The summed E-state index contributed by atoms with van der Waals surface area (Å²) in [5, 5.41) is 10.8. The Labute approximate surface area is 180 Å². The molecule has 0 saturated heterocycles. The summed E-state index contributed by atoms with van der Waals surface area (Å²) in [7, 11) is 0. The Hall–Kier alpha value is -4.00. The average Bonchev–Trinajstić information content (AvgIpc) is 3.22. The molecule has 0 radical (unpaired) electrons. The molecule has 2 N–H and O–H groups in total. The van der Waals surface area contributed by atoms with Crippen LogP contribution in [-0.2, 0) is 11.3 Å². The summed E-state index contributed by atoms with van der Waals surface area (Å²) in [6.45, 7) is 4.42. The lowest BCUT2D eigenvalue weighted by molar-refractivity contribution is -0.115. The molecule has 0 spiro atoms. The highest BCUT2D eigenvalue weighted by atomic mass is 16.2. The van der Waals surface area contributed by atoms with Crippen LogP contribution in [0.5, 0.6) is 0 Å². The van der Waals surface area contributed by atoms with Crippen molar-refractivity contribution in [2.75, 3.05) is 10.6 Å². The fourth-order valence-electron chi connectivity index (χ4n) is 3.35. The normalized spacial score (nSPS) is 10.8. The molecule has 0 aliphatic carbocycles. The maximum absolute atomic E-state index is 13.2. The number of anilines is 2. The van der Waals surface area contributed by atoms with Gasteiger partial charge in [-0.3, -0.25) is 9.59 Å². The number of aromatic nitrogens is 3. The van der Waals surface area contributed by atoms with E-state index >= 15 is 0 Å². The van der Waals surface area contributed by atoms with E-state index in [9.17, 15) is 9.59 Å². The molecule has 4 aromatic rings. The molecule has 0 saturated carbocycles. The van der Waals surface area contributed by atoms with E-state index in [1.54, 1.807) is 48.1 Å². The van der Waals surface area contributed by atoms with E-state index in [1.807, 2.05) is 37.3 Å². The van der Waals surface area contributed by atoms with Crippen LogP contribution >= 0.6 is 0 Å². The van der Waals surface area contributed by atoms with Crippen LogP contribution in [0.15, 0.2) is 66.9 Å². The third kappa shape index (κ3) is 4.30. The summed E-state index contributed by atoms with van der Waals surface area (Å²) in [5.74, 6) is -0.349. The van der Waals surface area contributed by atoms with Crippen LogP contribution in [0.4, 0.5) is 11.4 Å². The van der Waals surface area contributed by atoms with Crippen molar-refractivity contribution in [3.63, 3.8) is 0 Å². The van der Waals surface area contributed by atoms with Crippen molar-refractivity contribution in [3.05, 3.63) is 72.4 Å². The second-order valence-corrected chi connectivity index (χ2v) is 7.06. The number of hydrogen-bond donors (Lipinski definition) is 2. The van der Waals surface area contributed by atoms with Crippen LogP contribution in [0.3, 0.4) is 0 Å². The Bertz CT molecular complexity index is 1250. The van der Waals surface area contributed by atoms with E-state index in [-0.39, 0.29) is 11.8 Å². The Morgan fingerprint density at radius 1 is 0.935 bits per heavy atom. The highest BCUT2D eigenvalue weighted by molar-refractivity contribution is 6.12. The van der Waals surface area contributed by atoms with Crippen LogP contribution in [-0.4, -0.2) is 26.6 Å². The van der Waals surface area contributed by atoms with Gasteiger partial charge in [0.15, 0.2) is 5.65 Å². The third-order valence-electron chi connectivity index (χ3n) is 4.95. The quantitative estimate of drug-likeness (QED) is 0.479. The molecule has 0 aliphatic heterocycles. The van der Waals surface area contributed by atoms with Crippen LogP contribution in [0, 0.1) is 0 Å². The molecule has 0 unspecified atom stereocenters.